The molecule has 0 bridgehead atoms. The minimum absolute atomic E-state index is 0.0268. The van der Waals surface area contributed by atoms with Crippen molar-refractivity contribution >= 4 is 27.5 Å². The molecule has 2 aliphatic rings. The van der Waals surface area contributed by atoms with Crippen molar-refractivity contribution in [1.82, 2.24) is 14.8 Å². The lowest BCUT2D eigenvalue weighted by Crippen LogP contribution is -2.54. The SMILES string of the molecule is Cc1cnccc1C(=O)N=S(C)(=O)C1CCN(C(=O)C(C(C)C)N2CCCC2=O)CC1. The minimum atomic E-state index is -2.76. The highest BCUT2D eigenvalue weighted by atomic mass is 32.2. The third-order valence-electron chi connectivity index (χ3n) is 6.22. The highest BCUT2D eigenvalue weighted by Gasteiger charge is 2.39. The molecular formula is C22H32N4O4S. The summed E-state index contributed by atoms with van der Waals surface area (Å²) < 4.78 is 17.3. The molecule has 3 heterocycles. The minimum Gasteiger partial charge on any atom is -0.341 e. The van der Waals surface area contributed by atoms with Crippen LogP contribution in [0.1, 0.15) is 55.5 Å². The Bertz CT molecular complexity index is 975. The lowest BCUT2D eigenvalue weighted by molar-refractivity contribution is -0.146. The third-order valence-corrected chi connectivity index (χ3v) is 8.45. The Hall–Kier alpha value is -2.29. The summed E-state index contributed by atoms with van der Waals surface area (Å²) >= 11 is 0. The van der Waals surface area contributed by atoms with Gasteiger partial charge in [-0.25, -0.2) is 4.21 Å². The quantitative estimate of drug-likeness (QED) is 0.688. The number of hydrogen-bond acceptors (Lipinski definition) is 5. The summed E-state index contributed by atoms with van der Waals surface area (Å²) in [6.45, 7) is 7.24. The summed E-state index contributed by atoms with van der Waals surface area (Å²) in [6, 6.07) is 1.14. The molecule has 1 aromatic heterocycles. The molecule has 2 unspecified atom stereocenters. The topological polar surface area (TPSA) is 100 Å². The Morgan fingerprint density at radius 2 is 1.90 bits per heavy atom. The number of hydrogen-bond donors (Lipinski definition) is 0. The number of carbonyl (C=O) groups excluding carboxylic acids is 3. The number of amides is 3. The molecule has 0 N–H and O–H groups in total. The molecule has 170 valence electrons. The lowest BCUT2D eigenvalue weighted by Gasteiger charge is -2.38. The summed E-state index contributed by atoms with van der Waals surface area (Å²) in [6.07, 6.45) is 6.97. The van der Waals surface area contributed by atoms with Crippen molar-refractivity contribution in [2.24, 2.45) is 10.3 Å². The van der Waals surface area contributed by atoms with E-state index in [1.165, 1.54) is 12.5 Å². The van der Waals surface area contributed by atoms with Gasteiger partial charge in [0.15, 0.2) is 0 Å². The first-order valence-corrected chi connectivity index (χ1v) is 12.8. The summed E-state index contributed by atoms with van der Waals surface area (Å²) in [5, 5.41) is -0.256. The Labute approximate surface area is 184 Å². The fraction of sp³-hybridized carbons (Fsp3) is 0.636. The van der Waals surface area contributed by atoms with Crippen molar-refractivity contribution in [1.29, 1.82) is 0 Å². The van der Waals surface area contributed by atoms with E-state index in [4.69, 9.17) is 0 Å². The van der Waals surface area contributed by atoms with E-state index in [0.717, 1.165) is 6.42 Å². The Morgan fingerprint density at radius 1 is 1.23 bits per heavy atom. The van der Waals surface area contributed by atoms with Crippen LogP contribution in [0.25, 0.3) is 0 Å². The molecule has 0 radical (unpaired) electrons. The van der Waals surface area contributed by atoms with Crippen molar-refractivity contribution < 1.29 is 18.6 Å². The largest absolute Gasteiger partial charge is 0.341 e. The van der Waals surface area contributed by atoms with Crippen LogP contribution in [0.5, 0.6) is 0 Å². The fourth-order valence-electron chi connectivity index (χ4n) is 4.44. The first kappa shape index (κ1) is 23.4. The van der Waals surface area contributed by atoms with Gasteiger partial charge in [0.2, 0.25) is 11.8 Å². The van der Waals surface area contributed by atoms with E-state index in [-0.39, 0.29) is 23.0 Å². The highest BCUT2D eigenvalue weighted by molar-refractivity contribution is 7.93. The molecule has 0 aliphatic carbocycles. The smallest absolute Gasteiger partial charge is 0.285 e. The number of aryl methyl sites for hydroxylation is 1. The summed E-state index contributed by atoms with van der Waals surface area (Å²) in [7, 11) is -2.76. The number of piperidine rings is 1. The summed E-state index contributed by atoms with van der Waals surface area (Å²) in [5.74, 6) is -0.453. The molecule has 2 saturated heterocycles. The van der Waals surface area contributed by atoms with Crippen molar-refractivity contribution in [3.63, 3.8) is 0 Å². The molecule has 0 aromatic carbocycles. The van der Waals surface area contributed by atoms with Crippen molar-refractivity contribution in [3.8, 4) is 0 Å². The van der Waals surface area contributed by atoms with Crippen LogP contribution in [0, 0.1) is 12.8 Å². The lowest BCUT2D eigenvalue weighted by atomic mass is 9.99. The van der Waals surface area contributed by atoms with Gasteiger partial charge in [-0.3, -0.25) is 19.4 Å². The first-order valence-electron chi connectivity index (χ1n) is 10.9. The van der Waals surface area contributed by atoms with Crippen LogP contribution in [-0.4, -0.2) is 73.9 Å². The zero-order chi connectivity index (χ0) is 22.8. The molecule has 3 amide bonds. The predicted octanol–water partition coefficient (Wildman–Crippen LogP) is 2.27. The standard InChI is InChI=1S/C22H32N4O4S/c1-15(2)20(26-11-5-6-19(26)27)22(29)25-12-8-17(9-13-25)31(4,30)24-21(28)18-7-10-23-14-16(18)3/h7,10,14-15,17,20H,5-6,8-9,11-13H2,1-4H3. The van der Waals surface area contributed by atoms with Crippen LogP contribution < -0.4 is 0 Å². The number of pyridine rings is 1. The predicted molar refractivity (Wildman–Crippen MR) is 119 cm³/mol. The molecule has 2 atom stereocenters. The van der Waals surface area contributed by atoms with Crippen LogP contribution in [0.3, 0.4) is 0 Å². The van der Waals surface area contributed by atoms with Gasteiger partial charge in [-0.1, -0.05) is 13.8 Å². The Morgan fingerprint density at radius 3 is 2.45 bits per heavy atom. The molecule has 31 heavy (non-hydrogen) atoms. The van der Waals surface area contributed by atoms with E-state index in [0.29, 0.717) is 50.0 Å². The second-order valence-electron chi connectivity index (χ2n) is 8.85. The zero-order valence-electron chi connectivity index (χ0n) is 18.7. The van der Waals surface area contributed by atoms with Crippen LogP contribution in [-0.2, 0) is 19.3 Å². The zero-order valence-corrected chi connectivity index (χ0v) is 19.6. The molecular weight excluding hydrogens is 416 g/mol. The Balaban J connectivity index is 1.68. The molecule has 0 saturated carbocycles. The van der Waals surface area contributed by atoms with E-state index >= 15 is 0 Å². The van der Waals surface area contributed by atoms with Gasteiger partial charge in [0, 0.05) is 55.5 Å². The van der Waals surface area contributed by atoms with Gasteiger partial charge in [0.1, 0.15) is 6.04 Å². The average Bonchev–Trinajstić information content (AvgIpc) is 3.13. The summed E-state index contributed by atoms with van der Waals surface area (Å²) in [5.41, 5.74) is 1.11. The van der Waals surface area contributed by atoms with Gasteiger partial charge in [-0.2, -0.15) is 4.36 Å². The van der Waals surface area contributed by atoms with Crippen LogP contribution >= 0.6 is 0 Å². The maximum absolute atomic E-state index is 13.2. The second kappa shape index (κ2) is 9.46. The number of carbonyl (C=O) groups is 3. The molecule has 1 aromatic rings. The number of likely N-dealkylation sites (tertiary alicyclic amines) is 2. The second-order valence-corrected chi connectivity index (χ2v) is 11.4. The van der Waals surface area contributed by atoms with Gasteiger partial charge < -0.3 is 9.80 Å². The molecule has 2 aliphatic heterocycles. The van der Waals surface area contributed by atoms with Gasteiger partial charge in [0.05, 0.1) is 9.73 Å². The summed E-state index contributed by atoms with van der Waals surface area (Å²) in [4.78, 5) is 45.4. The van der Waals surface area contributed by atoms with Gasteiger partial charge in [-0.15, -0.1) is 0 Å². The highest BCUT2D eigenvalue weighted by Crippen LogP contribution is 2.25. The third kappa shape index (κ3) is 5.14. The monoisotopic (exact) mass is 448 g/mol. The first-order chi connectivity index (χ1) is 14.6. The van der Waals surface area contributed by atoms with Crippen LogP contribution in [0.4, 0.5) is 0 Å². The maximum atomic E-state index is 13.2. The van der Waals surface area contributed by atoms with Gasteiger partial charge in [0.25, 0.3) is 5.91 Å². The number of nitrogens with zero attached hydrogens (tertiary/aromatic N) is 4. The van der Waals surface area contributed by atoms with Crippen LogP contribution in [0.15, 0.2) is 22.8 Å². The number of rotatable bonds is 5. The van der Waals surface area contributed by atoms with E-state index < -0.39 is 21.7 Å². The molecule has 0 spiro atoms. The van der Waals surface area contributed by atoms with Crippen molar-refractivity contribution in [2.75, 3.05) is 25.9 Å². The number of aromatic nitrogens is 1. The normalized spacial score (nSPS) is 20.6. The van der Waals surface area contributed by atoms with Gasteiger partial charge >= 0.3 is 0 Å². The van der Waals surface area contributed by atoms with E-state index in [2.05, 4.69) is 9.35 Å². The fourth-order valence-corrected chi connectivity index (χ4v) is 6.11. The van der Waals surface area contributed by atoms with E-state index in [1.807, 2.05) is 13.8 Å². The van der Waals surface area contributed by atoms with Crippen molar-refractivity contribution in [3.05, 3.63) is 29.6 Å². The Kier molecular flexibility index (Phi) is 7.13. The van der Waals surface area contributed by atoms with E-state index in [1.54, 1.807) is 29.0 Å². The average molecular weight is 449 g/mol. The van der Waals surface area contributed by atoms with Crippen LogP contribution in [0.2, 0.25) is 0 Å². The maximum Gasteiger partial charge on any atom is 0.285 e. The van der Waals surface area contributed by atoms with Crippen molar-refractivity contribution in [2.45, 2.75) is 57.7 Å². The van der Waals surface area contributed by atoms with Gasteiger partial charge in [-0.05, 0) is 43.7 Å². The molecule has 3 rings (SSSR count). The molecule has 8 nitrogen and oxygen atoms in total. The van der Waals surface area contributed by atoms with E-state index in [9.17, 15) is 18.6 Å². The molecule has 9 heteroatoms. The molecule has 2 fully saturated rings.